The Balaban J connectivity index is 1.70. The second-order valence-corrected chi connectivity index (χ2v) is 7.27. The van der Waals surface area contributed by atoms with Gasteiger partial charge in [0.1, 0.15) is 0 Å². The van der Waals surface area contributed by atoms with Crippen molar-refractivity contribution in [3.63, 3.8) is 0 Å². The van der Waals surface area contributed by atoms with Crippen LogP contribution in [0.15, 0.2) is 0 Å². The van der Waals surface area contributed by atoms with E-state index in [1.807, 2.05) is 0 Å². The smallest absolute Gasteiger partial charge is 0.273 e. The summed E-state index contributed by atoms with van der Waals surface area (Å²) in [6, 6.07) is 0.842. The van der Waals surface area contributed by atoms with E-state index >= 15 is 0 Å². The predicted octanol–water partition coefficient (Wildman–Crippen LogP) is -0.241. The highest BCUT2D eigenvalue weighted by Crippen LogP contribution is 2.41. The standard InChI is InChI=1S/C8H19N3OSi/c9-13(10,11)4-3-6-1-2-7-8(5-6)12-7/h6-8H,1-5,9-11H2. The van der Waals surface area contributed by atoms with Crippen LogP contribution in [-0.2, 0) is 4.74 Å². The van der Waals surface area contributed by atoms with E-state index in [0.29, 0.717) is 12.2 Å². The molecule has 5 heteroatoms. The second kappa shape index (κ2) is 3.32. The fourth-order valence-corrected chi connectivity index (χ4v) is 3.11. The molecule has 1 saturated carbocycles. The lowest BCUT2D eigenvalue weighted by molar-refractivity contribution is 0.357. The van der Waals surface area contributed by atoms with Gasteiger partial charge in [-0.15, -0.1) is 0 Å². The molecule has 1 heterocycles. The van der Waals surface area contributed by atoms with Crippen LogP contribution in [0.3, 0.4) is 0 Å². The predicted molar refractivity (Wildman–Crippen MR) is 53.7 cm³/mol. The summed E-state index contributed by atoms with van der Waals surface area (Å²) in [5.41, 5.74) is 0. The number of ether oxygens (including phenoxy) is 1. The van der Waals surface area contributed by atoms with Crippen LogP contribution in [0.4, 0.5) is 0 Å². The van der Waals surface area contributed by atoms with E-state index < -0.39 is 8.56 Å². The maximum absolute atomic E-state index is 5.66. The number of nitrogens with two attached hydrogens (primary N) is 3. The lowest BCUT2D eigenvalue weighted by atomic mass is 9.88. The van der Waals surface area contributed by atoms with Gasteiger partial charge in [0.25, 0.3) is 8.56 Å². The first-order valence-corrected chi connectivity index (χ1v) is 7.50. The molecule has 13 heavy (non-hydrogen) atoms. The Morgan fingerprint density at radius 1 is 1.15 bits per heavy atom. The van der Waals surface area contributed by atoms with Gasteiger partial charge in [0.05, 0.1) is 12.2 Å². The molecule has 0 aromatic carbocycles. The molecule has 0 spiro atoms. The van der Waals surface area contributed by atoms with E-state index in [0.717, 1.165) is 18.4 Å². The third-order valence-electron chi connectivity index (χ3n) is 3.10. The first kappa shape index (κ1) is 9.61. The Kier molecular flexibility index (Phi) is 2.46. The van der Waals surface area contributed by atoms with Crippen molar-refractivity contribution in [1.82, 2.24) is 0 Å². The summed E-state index contributed by atoms with van der Waals surface area (Å²) in [6.45, 7) is 0. The molecule has 3 unspecified atom stereocenters. The molecule has 0 radical (unpaired) electrons. The Morgan fingerprint density at radius 3 is 2.54 bits per heavy atom. The van der Waals surface area contributed by atoms with Crippen LogP contribution in [0.5, 0.6) is 0 Å². The van der Waals surface area contributed by atoms with Gasteiger partial charge in [-0.05, 0) is 37.6 Å². The van der Waals surface area contributed by atoms with Crippen molar-refractivity contribution in [3.8, 4) is 0 Å². The zero-order valence-corrected chi connectivity index (χ0v) is 8.91. The first-order valence-electron chi connectivity index (χ1n) is 5.07. The van der Waals surface area contributed by atoms with Crippen LogP contribution in [0, 0.1) is 5.92 Å². The Hall–Kier alpha value is 0.0569. The minimum Gasteiger partial charge on any atom is -0.370 e. The van der Waals surface area contributed by atoms with Gasteiger partial charge >= 0.3 is 0 Å². The van der Waals surface area contributed by atoms with Crippen molar-refractivity contribution in [2.75, 3.05) is 0 Å². The Morgan fingerprint density at radius 2 is 1.92 bits per heavy atom. The molecule has 2 fully saturated rings. The molecule has 0 aromatic heterocycles. The molecule has 1 aliphatic heterocycles. The monoisotopic (exact) mass is 201 g/mol. The molecule has 76 valence electrons. The molecule has 1 saturated heterocycles. The van der Waals surface area contributed by atoms with Crippen molar-refractivity contribution in [2.45, 2.75) is 43.9 Å². The molecule has 0 aromatic rings. The van der Waals surface area contributed by atoms with Crippen LogP contribution >= 0.6 is 0 Å². The van der Waals surface area contributed by atoms with Gasteiger partial charge in [-0.1, -0.05) is 0 Å². The average molecular weight is 201 g/mol. The largest absolute Gasteiger partial charge is 0.370 e. The van der Waals surface area contributed by atoms with E-state index in [-0.39, 0.29) is 0 Å². The molecule has 0 amide bonds. The summed E-state index contributed by atoms with van der Waals surface area (Å²) in [5, 5.41) is 17.0. The molecule has 0 bridgehead atoms. The van der Waals surface area contributed by atoms with Gasteiger partial charge in [0.2, 0.25) is 0 Å². The van der Waals surface area contributed by atoms with Crippen molar-refractivity contribution in [2.24, 2.45) is 22.1 Å². The third-order valence-corrected chi connectivity index (χ3v) is 4.25. The molecular formula is C8H19N3OSi. The minimum absolute atomic E-state index is 0.558. The topological polar surface area (TPSA) is 90.6 Å². The number of hydrogen-bond acceptors (Lipinski definition) is 4. The van der Waals surface area contributed by atoms with Crippen LogP contribution < -0.4 is 16.2 Å². The lowest BCUT2D eigenvalue weighted by Crippen LogP contribution is -2.64. The number of epoxide rings is 1. The van der Waals surface area contributed by atoms with Gasteiger partial charge in [-0.25, -0.2) is 0 Å². The molecule has 2 rings (SSSR count). The van der Waals surface area contributed by atoms with E-state index in [1.54, 1.807) is 0 Å². The van der Waals surface area contributed by atoms with E-state index in [9.17, 15) is 0 Å². The average Bonchev–Trinajstić information content (AvgIpc) is 2.76. The summed E-state index contributed by atoms with van der Waals surface area (Å²) in [7, 11) is -2.29. The summed E-state index contributed by atoms with van der Waals surface area (Å²) < 4.78 is 5.46. The van der Waals surface area contributed by atoms with Crippen molar-refractivity contribution >= 4 is 8.56 Å². The lowest BCUT2D eigenvalue weighted by Gasteiger charge is -2.22. The fourth-order valence-electron chi connectivity index (χ4n) is 2.20. The highest BCUT2D eigenvalue weighted by atomic mass is 28.4. The number of hydrogen-bond donors (Lipinski definition) is 3. The molecule has 1 aliphatic carbocycles. The zero-order valence-electron chi connectivity index (χ0n) is 7.91. The number of fused-ring (bicyclic) bond motifs is 1. The van der Waals surface area contributed by atoms with Crippen molar-refractivity contribution in [3.05, 3.63) is 0 Å². The minimum atomic E-state index is -2.29. The Bertz CT molecular complexity index is 194. The normalized spacial score (nSPS) is 38.5. The molecular weight excluding hydrogens is 182 g/mol. The fraction of sp³-hybridized carbons (Fsp3) is 1.00. The molecule has 4 nitrogen and oxygen atoms in total. The van der Waals surface area contributed by atoms with Gasteiger partial charge in [-0.3, -0.25) is 0 Å². The Labute approximate surface area is 80.0 Å². The van der Waals surface area contributed by atoms with Gasteiger partial charge in [0, 0.05) is 0 Å². The van der Waals surface area contributed by atoms with Crippen LogP contribution in [0.1, 0.15) is 25.7 Å². The SMILES string of the molecule is N[Si](N)(N)CCC1CCC2OC2C1. The second-order valence-electron chi connectivity index (χ2n) is 4.54. The summed E-state index contributed by atoms with van der Waals surface area (Å²) >= 11 is 0. The van der Waals surface area contributed by atoms with E-state index in [1.165, 1.54) is 19.3 Å². The van der Waals surface area contributed by atoms with Crippen LogP contribution in [0.2, 0.25) is 6.04 Å². The number of rotatable bonds is 3. The summed E-state index contributed by atoms with van der Waals surface area (Å²) in [5.74, 6) is 0.756. The van der Waals surface area contributed by atoms with Gasteiger partial charge < -0.3 is 20.9 Å². The first-order chi connectivity index (χ1) is 6.04. The summed E-state index contributed by atoms with van der Waals surface area (Å²) in [6.07, 6.45) is 5.95. The van der Waals surface area contributed by atoms with E-state index in [2.05, 4.69) is 0 Å². The molecule has 2 aliphatic rings. The quantitative estimate of drug-likeness (QED) is 0.434. The maximum atomic E-state index is 5.66. The van der Waals surface area contributed by atoms with Crippen LogP contribution in [-0.4, -0.2) is 20.8 Å². The highest BCUT2D eigenvalue weighted by Gasteiger charge is 2.43. The van der Waals surface area contributed by atoms with E-state index in [4.69, 9.17) is 20.9 Å². The zero-order chi connectivity index (χ0) is 9.47. The van der Waals surface area contributed by atoms with Crippen molar-refractivity contribution < 1.29 is 4.74 Å². The third kappa shape index (κ3) is 2.75. The van der Waals surface area contributed by atoms with Gasteiger partial charge in [-0.2, -0.15) is 0 Å². The molecule has 3 atom stereocenters. The molecule has 6 N–H and O–H groups in total. The van der Waals surface area contributed by atoms with Crippen LogP contribution in [0.25, 0.3) is 0 Å². The summed E-state index contributed by atoms with van der Waals surface area (Å²) in [4.78, 5) is 0. The highest BCUT2D eigenvalue weighted by molar-refractivity contribution is 6.70. The van der Waals surface area contributed by atoms with Crippen molar-refractivity contribution in [1.29, 1.82) is 0 Å². The maximum Gasteiger partial charge on any atom is 0.273 e. The van der Waals surface area contributed by atoms with Gasteiger partial charge in [0.15, 0.2) is 0 Å².